The summed E-state index contributed by atoms with van der Waals surface area (Å²) in [5.74, 6) is 1.40. The topological polar surface area (TPSA) is 48.9 Å². The van der Waals surface area contributed by atoms with Crippen molar-refractivity contribution in [2.75, 3.05) is 39.8 Å². The second-order valence-electron chi connectivity index (χ2n) is 6.98. The molecule has 1 aromatic carbocycles. The third-order valence-electron chi connectivity index (χ3n) is 4.75. The lowest BCUT2D eigenvalue weighted by Crippen LogP contribution is -2.45. The van der Waals surface area contributed by atoms with E-state index in [9.17, 15) is 4.39 Å². The van der Waals surface area contributed by atoms with Gasteiger partial charge in [0, 0.05) is 13.6 Å². The zero-order valence-corrected chi connectivity index (χ0v) is 16.3. The summed E-state index contributed by atoms with van der Waals surface area (Å²) >= 11 is 0. The van der Waals surface area contributed by atoms with Crippen LogP contribution in [0.25, 0.3) is 0 Å². The Kier molecular flexibility index (Phi) is 8.68. The number of aliphatic imine (C=N–C) groups is 1. The molecule has 26 heavy (non-hydrogen) atoms. The molecule has 1 atom stereocenters. The van der Waals surface area contributed by atoms with Gasteiger partial charge in [-0.25, -0.2) is 4.39 Å². The molecule has 146 valence electrons. The molecule has 1 aliphatic heterocycles. The van der Waals surface area contributed by atoms with E-state index in [1.165, 1.54) is 45.0 Å². The molecule has 1 aromatic rings. The first kappa shape index (κ1) is 20.5. The fourth-order valence-electron chi connectivity index (χ4n) is 3.23. The highest BCUT2D eigenvalue weighted by atomic mass is 19.1. The largest absolute Gasteiger partial charge is 0.486 e. The van der Waals surface area contributed by atoms with E-state index in [4.69, 9.17) is 4.74 Å². The number of guanidine groups is 1. The van der Waals surface area contributed by atoms with Crippen molar-refractivity contribution in [3.63, 3.8) is 0 Å². The van der Waals surface area contributed by atoms with Crippen LogP contribution in [-0.4, -0.2) is 56.7 Å². The van der Waals surface area contributed by atoms with Gasteiger partial charge >= 0.3 is 0 Å². The van der Waals surface area contributed by atoms with Gasteiger partial charge in [-0.05, 0) is 63.9 Å². The third kappa shape index (κ3) is 6.83. The number of hydrogen-bond donors (Lipinski definition) is 2. The molecule has 1 saturated heterocycles. The number of piperidine rings is 1. The molecule has 6 heteroatoms. The van der Waals surface area contributed by atoms with E-state index in [0.717, 1.165) is 12.5 Å². The minimum Gasteiger partial charge on any atom is -0.486 e. The van der Waals surface area contributed by atoms with Gasteiger partial charge in [0.05, 0.1) is 6.54 Å². The van der Waals surface area contributed by atoms with E-state index in [2.05, 4.69) is 27.4 Å². The first-order chi connectivity index (χ1) is 12.6. The highest BCUT2D eigenvalue weighted by molar-refractivity contribution is 5.79. The Hall–Kier alpha value is -1.82. The van der Waals surface area contributed by atoms with E-state index < -0.39 is 0 Å². The summed E-state index contributed by atoms with van der Waals surface area (Å²) in [6.07, 6.45) is 3.53. The fraction of sp³-hybridized carbons (Fsp3) is 0.650. The van der Waals surface area contributed by atoms with Gasteiger partial charge in [0.2, 0.25) is 0 Å². The molecule has 0 saturated carbocycles. The van der Waals surface area contributed by atoms with Crippen molar-refractivity contribution >= 4 is 5.96 Å². The van der Waals surface area contributed by atoms with Crippen LogP contribution in [0.5, 0.6) is 5.75 Å². The van der Waals surface area contributed by atoms with Crippen LogP contribution in [0.2, 0.25) is 0 Å². The standard InChI is InChI=1S/C20H33FN4O/c1-4-11-25-12-9-17(10-13-25)15-24-20(22-3)23-14-16(2)26-19-8-6-5-7-18(19)21/h5-8,16-17H,4,9-15H2,1-3H3,(H2,22,23,24). The molecule has 0 aromatic heterocycles. The lowest BCUT2D eigenvalue weighted by Gasteiger charge is -2.32. The Morgan fingerprint density at radius 3 is 2.69 bits per heavy atom. The summed E-state index contributed by atoms with van der Waals surface area (Å²) in [6.45, 7) is 9.24. The van der Waals surface area contributed by atoms with Gasteiger partial charge in [0.25, 0.3) is 0 Å². The molecule has 0 spiro atoms. The minimum atomic E-state index is -0.337. The lowest BCUT2D eigenvalue weighted by molar-refractivity contribution is 0.185. The Balaban J connectivity index is 1.67. The van der Waals surface area contributed by atoms with Crippen LogP contribution < -0.4 is 15.4 Å². The van der Waals surface area contributed by atoms with Crippen molar-refractivity contribution in [3.05, 3.63) is 30.1 Å². The second-order valence-corrected chi connectivity index (χ2v) is 6.98. The van der Waals surface area contributed by atoms with Crippen molar-refractivity contribution in [3.8, 4) is 5.75 Å². The number of likely N-dealkylation sites (tertiary alicyclic amines) is 1. The van der Waals surface area contributed by atoms with Crippen LogP contribution in [0.1, 0.15) is 33.1 Å². The monoisotopic (exact) mass is 364 g/mol. The smallest absolute Gasteiger partial charge is 0.191 e. The van der Waals surface area contributed by atoms with Gasteiger partial charge in [0.1, 0.15) is 6.10 Å². The average molecular weight is 365 g/mol. The summed E-state index contributed by atoms with van der Waals surface area (Å²) < 4.78 is 19.3. The van der Waals surface area contributed by atoms with Gasteiger partial charge in [-0.1, -0.05) is 19.1 Å². The third-order valence-corrected chi connectivity index (χ3v) is 4.75. The quantitative estimate of drug-likeness (QED) is 0.550. The van der Waals surface area contributed by atoms with Gasteiger partial charge in [-0.15, -0.1) is 0 Å². The zero-order chi connectivity index (χ0) is 18.8. The first-order valence-corrected chi connectivity index (χ1v) is 9.70. The Labute approximate surface area is 157 Å². The normalized spacial score (nSPS) is 17.8. The van der Waals surface area contributed by atoms with Crippen molar-refractivity contribution in [1.29, 1.82) is 0 Å². The van der Waals surface area contributed by atoms with Gasteiger partial charge in [-0.3, -0.25) is 4.99 Å². The van der Waals surface area contributed by atoms with E-state index in [1.54, 1.807) is 25.2 Å². The van der Waals surface area contributed by atoms with Gasteiger partial charge < -0.3 is 20.3 Å². The number of hydrogen-bond acceptors (Lipinski definition) is 3. The molecule has 0 amide bonds. The molecular weight excluding hydrogens is 331 g/mol. The number of benzene rings is 1. The number of rotatable bonds is 8. The van der Waals surface area contributed by atoms with Crippen molar-refractivity contribution in [2.24, 2.45) is 10.9 Å². The average Bonchev–Trinajstić information content (AvgIpc) is 2.65. The van der Waals surface area contributed by atoms with E-state index in [-0.39, 0.29) is 17.7 Å². The molecule has 1 aliphatic rings. The maximum absolute atomic E-state index is 13.6. The first-order valence-electron chi connectivity index (χ1n) is 9.70. The van der Waals surface area contributed by atoms with Crippen LogP contribution in [0.3, 0.4) is 0 Å². The molecule has 2 rings (SSSR count). The summed E-state index contributed by atoms with van der Waals surface area (Å²) in [4.78, 5) is 6.81. The molecule has 2 N–H and O–H groups in total. The molecule has 0 aliphatic carbocycles. The lowest BCUT2D eigenvalue weighted by atomic mass is 9.97. The van der Waals surface area contributed by atoms with Crippen LogP contribution in [0.15, 0.2) is 29.3 Å². The molecule has 1 unspecified atom stereocenters. The SMILES string of the molecule is CCCN1CCC(CNC(=NC)NCC(C)Oc2ccccc2F)CC1. The summed E-state index contributed by atoms with van der Waals surface area (Å²) in [6, 6.07) is 6.47. The second kappa shape index (κ2) is 11.0. The van der Waals surface area contributed by atoms with Crippen LogP contribution in [-0.2, 0) is 0 Å². The summed E-state index contributed by atoms with van der Waals surface area (Å²) in [5.41, 5.74) is 0. The molecule has 0 bridgehead atoms. The number of para-hydroxylation sites is 1. The number of nitrogens with one attached hydrogen (secondary N) is 2. The number of ether oxygens (including phenoxy) is 1. The van der Waals surface area contributed by atoms with E-state index >= 15 is 0 Å². The Morgan fingerprint density at radius 2 is 2.04 bits per heavy atom. The van der Waals surface area contributed by atoms with E-state index in [0.29, 0.717) is 12.5 Å². The number of halogens is 1. The molecule has 5 nitrogen and oxygen atoms in total. The van der Waals surface area contributed by atoms with E-state index in [1.807, 2.05) is 6.92 Å². The highest BCUT2D eigenvalue weighted by Gasteiger charge is 2.18. The Bertz CT molecular complexity index is 558. The number of nitrogens with zero attached hydrogens (tertiary/aromatic N) is 2. The predicted molar refractivity (Wildman–Crippen MR) is 105 cm³/mol. The van der Waals surface area contributed by atoms with Crippen LogP contribution >= 0.6 is 0 Å². The predicted octanol–water partition coefficient (Wildman–Crippen LogP) is 2.88. The van der Waals surface area contributed by atoms with Gasteiger partial charge in [-0.2, -0.15) is 0 Å². The molecular formula is C20H33FN4O. The minimum absolute atomic E-state index is 0.164. The molecule has 1 heterocycles. The fourth-order valence-corrected chi connectivity index (χ4v) is 3.23. The summed E-state index contributed by atoms with van der Waals surface area (Å²) in [5, 5.41) is 6.67. The molecule has 1 fully saturated rings. The maximum Gasteiger partial charge on any atom is 0.191 e. The van der Waals surface area contributed by atoms with Crippen molar-refractivity contribution < 1.29 is 9.13 Å². The van der Waals surface area contributed by atoms with Crippen LogP contribution in [0.4, 0.5) is 4.39 Å². The summed E-state index contributed by atoms with van der Waals surface area (Å²) in [7, 11) is 1.77. The Morgan fingerprint density at radius 1 is 1.31 bits per heavy atom. The van der Waals surface area contributed by atoms with Crippen LogP contribution in [0, 0.1) is 11.7 Å². The van der Waals surface area contributed by atoms with Gasteiger partial charge in [0.15, 0.2) is 17.5 Å². The zero-order valence-electron chi connectivity index (χ0n) is 16.3. The maximum atomic E-state index is 13.6. The van der Waals surface area contributed by atoms with Crippen molar-refractivity contribution in [1.82, 2.24) is 15.5 Å². The highest BCUT2D eigenvalue weighted by Crippen LogP contribution is 2.17. The molecule has 0 radical (unpaired) electrons. The van der Waals surface area contributed by atoms with Crippen molar-refractivity contribution in [2.45, 2.75) is 39.2 Å².